The van der Waals surface area contributed by atoms with Crippen LogP contribution in [0.25, 0.3) is 0 Å². The Balaban J connectivity index is 1.79. The molecule has 0 saturated carbocycles. The molecule has 0 bridgehead atoms. The van der Waals surface area contributed by atoms with Gasteiger partial charge < -0.3 is 26.1 Å². The summed E-state index contributed by atoms with van der Waals surface area (Å²) < 4.78 is 0. The predicted octanol–water partition coefficient (Wildman–Crippen LogP) is 0.239. The minimum atomic E-state index is -1.30. The van der Waals surface area contributed by atoms with Crippen LogP contribution in [0.15, 0.2) is 34.0 Å². The Morgan fingerprint density at radius 3 is 2.82 bits per heavy atom. The molecule has 0 spiro atoms. The molecule has 0 aromatic carbocycles. The summed E-state index contributed by atoms with van der Waals surface area (Å²) in [5.74, 6) is 1.88. The van der Waals surface area contributed by atoms with Crippen molar-refractivity contribution < 1.29 is 34.2 Å². The van der Waals surface area contributed by atoms with Crippen molar-refractivity contribution in [3.8, 4) is 11.8 Å². The summed E-state index contributed by atoms with van der Waals surface area (Å²) in [5, 5.41) is 25.4. The van der Waals surface area contributed by atoms with Gasteiger partial charge in [-0.25, -0.2) is 14.6 Å². The Labute approximate surface area is 201 Å². The van der Waals surface area contributed by atoms with Gasteiger partial charge >= 0.3 is 11.9 Å². The van der Waals surface area contributed by atoms with Crippen molar-refractivity contribution in [1.29, 1.82) is 0 Å². The molecule has 0 unspecified atom stereocenters. The van der Waals surface area contributed by atoms with Gasteiger partial charge in [0.2, 0.25) is 6.61 Å². The van der Waals surface area contributed by atoms with E-state index in [9.17, 15) is 24.3 Å². The average Bonchev–Trinajstić information content (AvgIpc) is 3.22. The smallest absolute Gasteiger partial charge is 0.352 e. The van der Waals surface area contributed by atoms with E-state index in [1.54, 1.807) is 6.08 Å². The van der Waals surface area contributed by atoms with Crippen LogP contribution in [-0.4, -0.2) is 73.3 Å². The van der Waals surface area contributed by atoms with Crippen LogP contribution >= 0.6 is 23.1 Å². The van der Waals surface area contributed by atoms with Crippen LogP contribution in [0.5, 0.6) is 0 Å². The average molecular weight is 506 g/mol. The van der Waals surface area contributed by atoms with Crippen LogP contribution in [-0.2, 0) is 24.0 Å². The number of nitrogens with zero attached hydrogens (tertiary/aromatic N) is 3. The molecular weight excluding hydrogens is 486 g/mol. The van der Waals surface area contributed by atoms with E-state index in [1.165, 1.54) is 23.2 Å². The number of nitrogen functional groups attached to an aromatic ring is 1. The first-order chi connectivity index (χ1) is 16.2. The van der Waals surface area contributed by atoms with Crippen LogP contribution in [0.3, 0.4) is 0 Å². The van der Waals surface area contributed by atoms with Crippen molar-refractivity contribution >= 4 is 57.7 Å². The molecule has 0 aliphatic carbocycles. The molecule has 0 radical (unpaired) electrons. The third kappa shape index (κ3) is 5.38. The fourth-order valence-corrected chi connectivity index (χ4v) is 4.90. The number of amides is 2. The maximum Gasteiger partial charge on any atom is 0.352 e. The van der Waals surface area contributed by atoms with Gasteiger partial charge in [0.15, 0.2) is 10.8 Å². The summed E-state index contributed by atoms with van der Waals surface area (Å²) >= 11 is 2.31. The lowest BCUT2D eigenvalue weighted by molar-refractivity contribution is -0.150. The molecule has 1 aromatic rings. The number of oxime groups is 1. The number of thioether (sulfide) groups is 1. The summed E-state index contributed by atoms with van der Waals surface area (Å²) in [4.78, 5) is 57.9. The van der Waals surface area contributed by atoms with Gasteiger partial charge in [0.05, 0.1) is 0 Å². The van der Waals surface area contributed by atoms with Gasteiger partial charge in [-0.05, 0) is 17.7 Å². The molecule has 1 aromatic heterocycles. The Hall–Kier alpha value is -3.83. The number of nitrogens with two attached hydrogens (primary N) is 1. The quantitative estimate of drug-likeness (QED) is 0.165. The molecule has 12 nitrogen and oxygen atoms in total. The lowest BCUT2D eigenvalue weighted by atomic mass is 10.0. The number of hydrogen-bond acceptors (Lipinski definition) is 10. The van der Waals surface area contributed by atoms with E-state index in [-0.39, 0.29) is 28.0 Å². The highest BCUT2D eigenvalue weighted by molar-refractivity contribution is 8.00. The third-order valence-corrected chi connectivity index (χ3v) is 6.43. The second-order valence-electron chi connectivity index (χ2n) is 6.73. The lowest BCUT2D eigenvalue weighted by Gasteiger charge is -2.49. The number of allylic oxidation sites excluding steroid dienone is 2. The van der Waals surface area contributed by atoms with Crippen LogP contribution in [0.2, 0.25) is 0 Å². The zero-order valence-electron chi connectivity index (χ0n) is 17.7. The SMILES string of the molecule is CCC#C/C=C\C1=C(C(=O)O)N2C(=O)[C@@H](NC(=O)/C(=N/OCC(=O)O)c3csc(N)n3)[C@H]2SC1. The monoisotopic (exact) mass is 505 g/mol. The number of hydrogen-bond donors (Lipinski definition) is 4. The summed E-state index contributed by atoms with van der Waals surface area (Å²) in [6, 6.07) is -1.03. The first-order valence-electron chi connectivity index (χ1n) is 9.74. The van der Waals surface area contributed by atoms with Gasteiger partial charge in [-0.3, -0.25) is 14.5 Å². The molecule has 34 heavy (non-hydrogen) atoms. The molecule has 178 valence electrons. The number of rotatable bonds is 8. The molecule has 5 N–H and O–H groups in total. The Morgan fingerprint density at radius 2 is 2.21 bits per heavy atom. The standard InChI is InChI=1S/C20H19N5O7S2/c1-2-3-4-5-6-10-8-33-18-14(17(29)25(18)15(10)19(30)31)23-16(28)13(24-32-7-12(26)27)11-9-34-20(21)22-11/h5-6,9,14,18H,2,7-8H2,1H3,(H2,21,22)(H,23,28)(H,26,27)(H,30,31)/b6-5-,24-13+/t14-,18-/m1/s1. The second kappa shape index (κ2) is 10.9. The van der Waals surface area contributed by atoms with Gasteiger partial charge in [0.25, 0.3) is 11.8 Å². The number of β-lactam (4-membered cyclic amide) rings is 1. The molecular formula is C20H19N5O7S2. The van der Waals surface area contributed by atoms with Crippen molar-refractivity contribution in [2.45, 2.75) is 24.8 Å². The zero-order chi connectivity index (χ0) is 24.8. The van der Waals surface area contributed by atoms with Gasteiger partial charge in [-0.2, -0.15) is 0 Å². The Bertz CT molecular complexity index is 1180. The van der Waals surface area contributed by atoms with Gasteiger partial charge in [0, 0.05) is 17.6 Å². The minimum absolute atomic E-state index is 0.0389. The van der Waals surface area contributed by atoms with Crippen molar-refractivity contribution in [1.82, 2.24) is 15.2 Å². The molecule has 3 heterocycles. The number of aromatic nitrogens is 1. The third-order valence-electron chi connectivity index (χ3n) is 4.46. The molecule has 2 amide bonds. The zero-order valence-corrected chi connectivity index (χ0v) is 19.3. The van der Waals surface area contributed by atoms with Crippen molar-refractivity contribution in [2.75, 3.05) is 18.1 Å². The molecule has 2 aliphatic rings. The highest BCUT2D eigenvalue weighted by Gasteiger charge is 2.54. The minimum Gasteiger partial charge on any atom is -0.479 e. The van der Waals surface area contributed by atoms with E-state index >= 15 is 0 Å². The van der Waals surface area contributed by atoms with Crippen molar-refractivity contribution in [3.63, 3.8) is 0 Å². The number of nitrogens with one attached hydrogen (secondary N) is 1. The fraction of sp³-hybridized carbons (Fsp3) is 0.300. The topological polar surface area (TPSA) is 185 Å². The van der Waals surface area contributed by atoms with E-state index in [2.05, 4.69) is 32.1 Å². The maximum absolute atomic E-state index is 12.9. The summed E-state index contributed by atoms with van der Waals surface area (Å²) in [6.45, 7) is 1.09. The maximum atomic E-state index is 12.9. The Morgan fingerprint density at radius 1 is 1.44 bits per heavy atom. The Kier molecular flexibility index (Phi) is 7.92. The summed E-state index contributed by atoms with van der Waals surface area (Å²) in [5.41, 5.74) is 5.53. The van der Waals surface area contributed by atoms with E-state index in [4.69, 9.17) is 10.8 Å². The predicted molar refractivity (Wildman–Crippen MR) is 124 cm³/mol. The van der Waals surface area contributed by atoms with Crippen LogP contribution < -0.4 is 11.1 Å². The molecule has 1 saturated heterocycles. The number of thiazole rings is 1. The van der Waals surface area contributed by atoms with E-state index in [0.717, 1.165) is 16.2 Å². The molecule has 2 aliphatic heterocycles. The van der Waals surface area contributed by atoms with E-state index in [0.29, 0.717) is 12.0 Å². The number of carboxylic acid groups (broad SMARTS) is 2. The number of carbonyl (C=O) groups is 4. The summed E-state index contributed by atoms with van der Waals surface area (Å²) in [6.07, 6.45) is 3.75. The van der Waals surface area contributed by atoms with E-state index < -0.39 is 41.8 Å². The number of carboxylic acids is 2. The highest BCUT2D eigenvalue weighted by atomic mass is 32.2. The van der Waals surface area contributed by atoms with Gasteiger partial charge in [0.1, 0.15) is 22.8 Å². The van der Waals surface area contributed by atoms with Crippen LogP contribution in [0, 0.1) is 11.8 Å². The van der Waals surface area contributed by atoms with Crippen LogP contribution in [0.1, 0.15) is 19.0 Å². The fourth-order valence-electron chi connectivity index (χ4n) is 3.04. The van der Waals surface area contributed by atoms with Crippen molar-refractivity contribution in [3.05, 3.63) is 34.5 Å². The number of anilines is 1. The number of aliphatic carboxylic acids is 2. The molecule has 1 fully saturated rings. The summed E-state index contributed by atoms with van der Waals surface area (Å²) in [7, 11) is 0. The van der Waals surface area contributed by atoms with Gasteiger partial charge in [-0.15, -0.1) is 23.1 Å². The number of fused-ring (bicyclic) bond motifs is 1. The molecule has 2 atom stereocenters. The van der Waals surface area contributed by atoms with E-state index in [1.807, 2.05) is 6.92 Å². The largest absolute Gasteiger partial charge is 0.479 e. The normalized spacial score (nSPS) is 19.7. The molecule has 14 heteroatoms. The first-order valence-corrected chi connectivity index (χ1v) is 11.7. The lowest BCUT2D eigenvalue weighted by Crippen LogP contribution is -2.71. The molecule has 3 rings (SSSR count). The van der Waals surface area contributed by atoms with Gasteiger partial charge in [-0.1, -0.05) is 23.9 Å². The first kappa shape index (κ1) is 24.8. The second-order valence-corrected chi connectivity index (χ2v) is 8.72. The van der Waals surface area contributed by atoms with Crippen molar-refractivity contribution in [2.24, 2.45) is 5.16 Å². The van der Waals surface area contributed by atoms with Crippen LogP contribution in [0.4, 0.5) is 5.13 Å². The number of carbonyl (C=O) groups excluding carboxylic acids is 2. The highest BCUT2D eigenvalue weighted by Crippen LogP contribution is 2.40.